The van der Waals surface area contributed by atoms with Gasteiger partial charge in [-0.1, -0.05) is 6.07 Å². The molecule has 1 saturated heterocycles. The molecular weight excluding hydrogens is 371 g/mol. The van der Waals surface area contributed by atoms with Crippen LogP contribution < -0.4 is 0 Å². The van der Waals surface area contributed by atoms with E-state index in [-0.39, 0.29) is 12.2 Å². The van der Waals surface area contributed by atoms with Crippen molar-refractivity contribution in [2.24, 2.45) is 0 Å². The Morgan fingerprint density at radius 2 is 1.79 bits per heavy atom. The number of aromatic nitrogens is 2. The van der Waals surface area contributed by atoms with Crippen molar-refractivity contribution in [2.45, 2.75) is 38.1 Å². The second-order valence-electron chi connectivity index (χ2n) is 7.65. The molecule has 3 aliphatic rings. The Morgan fingerprint density at radius 3 is 2.57 bits per heavy atom. The molecule has 0 spiro atoms. The molecule has 1 fully saturated rings. The van der Waals surface area contributed by atoms with Gasteiger partial charge < -0.3 is 9.47 Å². The summed E-state index contributed by atoms with van der Waals surface area (Å²) < 4.78 is 52.5. The highest BCUT2D eigenvalue weighted by molar-refractivity contribution is 5.46. The van der Waals surface area contributed by atoms with Gasteiger partial charge in [0.25, 0.3) is 0 Å². The van der Waals surface area contributed by atoms with Gasteiger partial charge in [-0.25, -0.2) is 4.68 Å². The summed E-state index contributed by atoms with van der Waals surface area (Å²) >= 11 is 0. The number of halogens is 3. The van der Waals surface area contributed by atoms with Crippen molar-refractivity contribution in [1.29, 1.82) is 0 Å². The topological polar surface area (TPSA) is 39.5 Å². The first-order chi connectivity index (χ1) is 13.5. The van der Waals surface area contributed by atoms with Crippen LogP contribution in [-0.2, 0) is 41.5 Å². The van der Waals surface area contributed by atoms with Crippen LogP contribution in [0.25, 0.3) is 5.69 Å². The molecule has 2 aliphatic heterocycles. The lowest BCUT2D eigenvalue weighted by Gasteiger charge is -2.32. The smallest absolute Gasteiger partial charge is 0.379 e. The van der Waals surface area contributed by atoms with Crippen LogP contribution in [0.2, 0.25) is 0 Å². The lowest BCUT2D eigenvalue weighted by Crippen LogP contribution is -2.43. The van der Waals surface area contributed by atoms with Gasteiger partial charge in [0.2, 0.25) is 0 Å². The number of benzene rings is 1. The number of hydrogen-bond donors (Lipinski definition) is 0. The van der Waals surface area contributed by atoms with Crippen LogP contribution in [0, 0.1) is 0 Å². The fourth-order valence-corrected chi connectivity index (χ4v) is 4.59. The highest BCUT2D eigenvalue weighted by Crippen LogP contribution is 2.36. The van der Waals surface area contributed by atoms with Crippen molar-refractivity contribution < 1.29 is 22.6 Å². The molecule has 1 aliphatic carbocycles. The molecule has 2 aromatic rings. The maximum Gasteiger partial charge on any atom is 0.435 e. The van der Waals surface area contributed by atoms with Crippen molar-refractivity contribution >= 4 is 0 Å². The molecule has 0 amide bonds. The molecule has 0 saturated carbocycles. The van der Waals surface area contributed by atoms with Crippen LogP contribution in [0.15, 0.2) is 18.2 Å². The second-order valence-corrected chi connectivity index (χ2v) is 7.65. The molecule has 1 atom stereocenters. The van der Waals surface area contributed by atoms with Crippen LogP contribution in [0.5, 0.6) is 0 Å². The van der Waals surface area contributed by atoms with Crippen molar-refractivity contribution in [1.82, 2.24) is 14.7 Å². The summed E-state index contributed by atoms with van der Waals surface area (Å²) in [6.07, 6.45) is -2.14. The minimum Gasteiger partial charge on any atom is -0.379 e. The van der Waals surface area contributed by atoms with Crippen LogP contribution in [0.1, 0.15) is 28.1 Å². The summed E-state index contributed by atoms with van der Waals surface area (Å²) in [5, 5.41) is 3.95. The third kappa shape index (κ3) is 3.13. The number of alkyl halides is 3. The number of fused-ring (bicyclic) bond motifs is 2. The average molecular weight is 393 g/mol. The monoisotopic (exact) mass is 393 g/mol. The number of rotatable bonds is 2. The number of morpholine rings is 1. The molecule has 0 radical (unpaired) electrons. The van der Waals surface area contributed by atoms with Gasteiger partial charge in [-0.3, -0.25) is 4.90 Å². The van der Waals surface area contributed by atoms with E-state index >= 15 is 0 Å². The minimum atomic E-state index is -4.48. The van der Waals surface area contributed by atoms with E-state index in [1.165, 1.54) is 15.8 Å². The first kappa shape index (κ1) is 18.1. The van der Waals surface area contributed by atoms with E-state index in [0.717, 1.165) is 39.1 Å². The molecule has 8 heteroatoms. The third-order valence-electron chi connectivity index (χ3n) is 6.00. The predicted molar refractivity (Wildman–Crippen MR) is 95.5 cm³/mol. The first-order valence-electron chi connectivity index (χ1n) is 9.70. The van der Waals surface area contributed by atoms with E-state index in [9.17, 15) is 13.2 Å². The molecule has 0 N–H and O–H groups in total. The average Bonchev–Trinajstić information content (AvgIpc) is 3.29. The van der Waals surface area contributed by atoms with Gasteiger partial charge in [0.15, 0.2) is 5.69 Å². The maximum absolute atomic E-state index is 13.4. The first-order valence-corrected chi connectivity index (χ1v) is 9.70. The van der Waals surface area contributed by atoms with Crippen molar-refractivity contribution in [3.63, 3.8) is 0 Å². The summed E-state index contributed by atoms with van der Waals surface area (Å²) in [6.45, 7) is 3.79. The van der Waals surface area contributed by atoms with E-state index in [4.69, 9.17) is 9.47 Å². The second kappa shape index (κ2) is 6.86. The summed E-state index contributed by atoms with van der Waals surface area (Å²) in [6, 6.07) is 6.40. The van der Waals surface area contributed by atoms with Gasteiger partial charge in [0, 0.05) is 31.1 Å². The Bertz CT molecular complexity index is 888. The largest absolute Gasteiger partial charge is 0.435 e. The Balaban J connectivity index is 1.47. The summed E-state index contributed by atoms with van der Waals surface area (Å²) in [5.41, 5.74) is 3.15. The highest BCUT2D eigenvalue weighted by Gasteiger charge is 2.40. The van der Waals surface area contributed by atoms with Gasteiger partial charge in [-0.2, -0.15) is 18.3 Å². The minimum absolute atomic E-state index is 0.0335. The predicted octanol–water partition coefficient (Wildman–Crippen LogP) is 2.76. The van der Waals surface area contributed by atoms with Gasteiger partial charge in [-0.15, -0.1) is 0 Å². The molecule has 1 aromatic heterocycles. The van der Waals surface area contributed by atoms with Gasteiger partial charge in [0.1, 0.15) is 0 Å². The molecule has 28 heavy (non-hydrogen) atoms. The molecule has 0 bridgehead atoms. The van der Waals surface area contributed by atoms with E-state index < -0.39 is 11.9 Å². The summed E-state index contributed by atoms with van der Waals surface area (Å²) in [7, 11) is 0. The standard InChI is InChI=1S/C20H22F3N3O2/c21-20(22,23)19-17-12-28-6-3-18(17)26(24-19)15-2-1-13-9-16(11-14(13)10-15)25-4-7-27-8-5-25/h1-2,10,16H,3-9,11-12H2/t16-/m1/s1. The fraction of sp³-hybridized carbons (Fsp3) is 0.550. The molecule has 1 aromatic carbocycles. The molecule has 150 valence electrons. The zero-order valence-corrected chi connectivity index (χ0v) is 15.5. The maximum atomic E-state index is 13.4. The number of hydrogen-bond acceptors (Lipinski definition) is 4. The zero-order valence-electron chi connectivity index (χ0n) is 15.5. The third-order valence-corrected chi connectivity index (χ3v) is 6.00. The Hall–Kier alpha value is -1.90. The summed E-state index contributed by atoms with van der Waals surface area (Å²) in [4.78, 5) is 2.46. The van der Waals surface area contributed by atoms with E-state index in [2.05, 4.69) is 10.00 Å². The fourth-order valence-electron chi connectivity index (χ4n) is 4.59. The zero-order chi connectivity index (χ0) is 19.3. The molecule has 3 heterocycles. The molecule has 5 rings (SSSR count). The molecule has 5 nitrogen and oxygen atoms in total. The van der Waals surface area contributed by atoms with E-state index in [1.807, 2.05) is 18.2 Å². The van der Waals surface area contributed by atoms with Gasteiger partial charge in [-0.05, 0) is 36.1 Å². The van der Waals surface area contributed by atoms with Crippen LogP contribution in [-0.4, -0.2) is 53.6 Å². The molecular formula is C20H22F3N3O2. The van der Waals surface area contributed by atoms with Crippen molar-refractivity contribution in [3.05, 3.63) is 46.3 Å². The SMILES string of the molecule is FC(F)(F)c1nn(-c2ccc3c(c2)C[C@H](N2CCOCC2)C3)c2c1COCC2. The Labute approximate surface area is 161 Å². The molecule has 0 unspecified atom stereocenters. The highest BCUT2D eigenvalue weighted by atomic mass is 19.4. The van der Waals surface area contributed by atoms with Gasteiger partial charge >= 0.3 is 6.18 Å². The number of ether oxygens (including phenoxy) is 2. The normalized spacial score (nSPS) is 22.9. The van der Waals surface area contributed by atoms with Crippen LogP contribution >= 0.6 is 0 Å². The number of nitrogens with zero attached hydrogens (tertiary/aromatic N) is 3. The lowest BCUT2D eigenvalue weighted by atomic mass is 10.1. The van der Waals surface area contributed by atoms with E-state index in [0.29, 0.717) is 30.5 Å². The summed E-state index contributed by atoms with van der Waals surface area (Å²) in [5.74, 6) is 0. The van der Waals surface area contributed by atoms with Crippen molar-refractivity contribution in [2.75, 3.05) is 32.9 Å². The lowest BCUT2D eigenvalue weighted by molar-refractivity contribution is -0.142. The van der Waals surface area contributed by atoms with Crippen LogP contribution in [0.3, 0.4) is 0 Å². The quantitative estimate of drug-likeness (QED) is 0.787. The van der Waals surface area contributed by atoms with E-state index in [1.54, 1.807) is 0 Å². The Morgan fingerprint density at radius 1 is 1.00 bits per heavy atom. The Kier molecular flexibility index (Phi) is 4.45. The van der Waals surface area contributed by atoms with Gasteiger partial charge in [0.05, 0.1) is 37.8 Å². The van der Waals surface area contributed by atoms with Crippen molar-refractivity contribution in [3.8, 4) is 5.69 Å². The van der Waals surface area contributed by atoms with Crippen LogP contribution in [0.4, 0.5) is 13.2 Å².